The number of aromatic hydroxyl groups is 1. The van der Waals surface area contributed by atoms with Crippen LogP contribution in [0.1, 0.15) is 18.5 Å². The summed E-state index contributed by atoms with van der Waals surface area (Å²) in [6.07, 6.45) is 0. The molecule has 0 bridgehead atoms. The minimum Gasteiger partial charge on any atom is -0.504 e. The van der Waals surface area contributed by atoms with Gasteiger partial charge < -0.3 is 15.2 Å². The molecular weight excluding hydrogens is 288 g/mol. The maximum absolute atomic E-state index is 9.70. The molecule has 0 aliphatic rings. The Hall–Kier alpha value is -2.38. The summed E-state index contributed by atoms with van der Waals surface area (Å²) in [5, 5.41) is 22.7. The number of phenolic OH excluding ortho intramolecular Hbond substituents is 1. The lowest BCUT2D eigenvalue weighted by Gasteiger charge is -2.16. The third-order valence-electron chi connectivity index (χ3n) is 2.92. The second kappa shape index (κ2) is 6.87. The van der Waals surface area contributed by atoms with Crippen LogP contribution in [0.3, 0.4) is 0 Å². The van der Waals surface area contributed by atoms with Crippen molar-refractivity contribution in [2.24, 2.45) is 0 Å². The summed E-state index contributed by atoms with van der Waals surface area (Å²) in [6.45, 7) is 2.27. The van der Waals surface area contributed by atoms with Gasteiger partial charge in [0, 0.05) is 0 Å². The van der Waals surface area contributed by atoms with Crippen LogP contribution in [0.15, 0.2) is 42.5 Å². The van der Waals surface area contributed by atoms with Gasteiger partial charge in [-0.25, -0.2) is 0 Å². The van der Waals surface area contributed by atoms with E-state index in [4.69, 9.17) is 16.3 Å². The zero-order chi connectivity index (χ0) is 15.2. The zero-order valence-corrected chi connectivity index (χ0v) is 12.3. The Morgan fingerprint density at radius 3 is 2.76 bits per heavy atom. The number of rotatable bonds is 5. The topological polar surface area (TPSA) is 65.3 Å². The number of hydrogen-bond acceptors (Lipinski definition) is 4. The van der Waals surface area contributed by atoms with Crippen molar-refractivity contribution in [3.05, 3.63) is 53.1 Å². The second-order valence-corrected chi connectivity index (χ2v) is 4.75. The van der Waals surface area contributed by atoms with Crippen LogP contribution in [-0.4, -0.2) is 11.7 Å². The van der Waals surface area contributed by atoms with Crippen LogP contribution in [0.2, 0.25) is 5.02 Å². The van der Waals surface area contributed by atoms with Gasteiger partial charge >= 0.3 is 0 Å². The van der Waals surface area contributed by atoms with Crippen molar-refractivity contribution >= 4 is 17.3 Å². The molecule has 4 nitrogen and oxygen atoms in total. The van der Waals surface area contributed by atoms with Gasteiger partial charge in [0.1, 0.15) is 6.04 Å². The number of para-hydroxylation sites is 1. The Bertz CT molecular complexity index is 668. The van der Waals surface area contributed by atoms with Crippen LogP contribution in [0, 0.1) is 11.3 Å². The van der Waals surface area contributed by atoms with E-state index in [1.54, 1.807) is 24.3 Å². The highest BCUT2D eigenvalue weighted by Gasteiger charge is 2.14. The van der Waals surface area contributed by atoms with Crippen molar-refractivity contribution in [1.82, 2.24) is 0 Å². The van der Waals surface area contributed by atoms with Crippen LogP contribution in [-0.2, 0) is 0 Å². The van der Waals surface area contributed by atoms with Crippen LogP contribution in [0.5, 0.6) is 11.5 Å². The second-order valence-electron chi connectivity index (χ2n) is 4.35. The molecular formula is C16H15ClN2O2. The van der Waals surface area contributed by atoms with E-state index in [9.17, 15) is 10.4 Å². The predicted molar refractivity (Wildman–Crippen MR) is 82.7 cm³/mol. The minimum atomic E-state index is -0.593. The number of hydrogen-bond donors (Lipinski definition) is 2. The smallest absolute Gasteiger partial charge is 0.161 e. The van der Waals surface area contributed by atoms with Gasteiger partial charge in [-0.1, -0.05) is 29.8 Å². The number of anilines is 1. The summed E-state index contributed by atoms with van der Waals surface area (Å²) in [7, 11) is 0. The largest absolute Gasteiger partial charge is 0.504 e. The summed E-state index contributed by atoms with van der Waals surface area (Å²) < 4.78 is 5.33. The Morgan fingerprint density at radius 2 is 2.10 bits per heavy atom. The third kappa shape index (κ3) is 3.59. The van der Waals surface area contributed by atoms with Gasteiger partial charge in [0.05, 0.1) is 23.4 Å². The van der Waals surface area contributed by atoms with E-state index in [2.05, 4.69) is 11.4 Å². The molecule has 0 fully saturated rings. The average molecular weight is 303 g/mol. The van der Waals surface area contributed by atoms with E-state index in [-0.39, 0.29) is 5.75 Å². The molecule has 0 saturated carbocycles. The lowest BCUT2D eigenvalue weighted by molar-refractivity contribution is 0.317. The Kier molecular flexibility index (Phi) is 4.91. The maximum atomic E-state index is 9.70. The molecule has 0 radical (unpaired) electrons. The lowest BCUT2D eigenvalue weighted by atomic mass is 10.1. The summed E-state index contributed by atoms with van der Waals surface area (Å²) in [5.41, 5.74) is 1.37. The molecule has 2 N–H and O–H groups in total. The zero-order valence-electron chi connectivity index (χ0n) is 11.5. The van der Waals surface area contributed by atoms with E-state index in [0.717, 1.165) is 0 Å². The number of halogens is 1. The number of phenols is 1. The first-order valence-electron chi connectivity index (χ1n) is 6.52. The Morgan fingerprint density at radius 1 is 1.33 bits per heavy atom. The highest BCUT2D eigenvalue weighted by molar-refractivity contribution is 6.33. The van der Waals surface area contributed by atoms with Gasteiger partial charge in [0.2, 0.25) is 0 Å². The Balaban J connectivity index is 2.28. The molecule has 0 heterocycles. The maximum Gasteiger partial charge on any atom is 0.161 e. The van der Waals surface area contributed by atoms with E-state index < -0.39 is 6.04 Å². The quantitative estimate of drug-likeness (QED) is 0.872. The fourth-order valence-electron chi connectivity index (χ4n) is 1.91. The van der Waals surface area contributed by atoms with Gasteiger partial charge in [-0.3, -0.25) is 0 Å². The molecule has 2 rings (SSSR count). The standard InChI is InChI=1S/C16H15ClN2O2/c1-2-21-16-9-11(7-8-15(16)20)14(10-18)19-13-6-4-3-5-12(13)17/h3-9,14,19-20H,2H2,1H3. The van der Waals surface area contributed by atoms with Gasteiger partial charge in [0.15, 0.2) is 11.5 Å². The van der Waals surface area contributed by atoms with Gasteiger partial charge in [0.25, 0.3) is 0 Å². The van der Waals surface area contributed by atoms with Crippen molar-refractivity contribution < 1.29 is 9.84 Å². The molecule has 1 unspecified atom stereocenters. The van der Waals surface area contributed by atoms with Crippen LogP contribution >= 0.6 is 11.6 Å². The molecule has 0 aliphatic heterocycles. The Labute approximate surface area is 128 Å². The van der Waals surface area contributed by atoms with Crippen molar-refractivity contribution in [1.29, 1.82) is 5.26 Å². The number of nitrogens with zero attached hydrogens (tertiary/aromatic N) is 1. The fourth-order valence-corrected chi connectivity index (χ4v) is 2.10. The van der Waals surface area contributed by atoms with E-state index in [0.29, 0.717) is 28.6 Å². The van der Waals surface area contributed by atoms with Crippen molar-refractivity contribution in [2.75, 3.05) is 11.9 Å². The van der Waals surface area contributed by atoms with Crippen LogP contribution in [0.4, 0.5) is 5.69 Å². The van der Waals surface area contributed by atoms with Gasteiger partial charge in [-0.15, -0.1) is 0 Å². The summed E-state index contributed by atoms with van der Waals surface area (Å²) in [4.78, 5) is 0. The summed E-state index contributed by atoms with van der Waals surface area (Å²) >= 11 is 6.08. The molecule has 1 atom stereocenters. The van der Waals surface area contributed by atoms with Crippen LogP contribution < -0.4 is 10.1 Å². The van der Waals surface area contributed by atoms with Crippen LogP contribution in [0.25, 0.3) is 0 Å². The third-order valence-corrected chi connectivity index (χ3v) is 3.25. The number of benzene rings is 2. The fraction of sp³-hybridized carbons (Fsp3) is 0.188. The molecule has 0 saturated heterocycles. The lowest BCUT2D eigenvalue weighted by Crippen LogP contribution is -2.09. The number of nitriles is 1. The molecule has 21 heavy (non-hydrogen) atoms. The monoisotopic (exact) mass is 302 g/mol. The molecule has 5 heteroatoms. The highest BCUT2D eigenvalue weighted by Crippen LogP contribution is 2.31. The van der Waals surface area contributed by atoms with E-state index >= 15 is 0 Å². The molecule has 2 aromatic carbocycles. The minimum absolute atomic E-state index is 0.0510. The van der Waals surface area contributed by atoms with Crippen molar-refractivity contribution in [2.45, 2.75) is 13.0 Å². The predicted octanol–water partition coefficient (Wildman–Crippen LogP) is 4.12. The first-order valence-corrected chi connectivity index (χ1v) is 6.90. The molecule has 108 valence electrons. The van der Waals surface area contributed by atoms with E-state index in [1.165, 1.54) is 6.07 Å². The molecule has 0 aromatic heterocycles. The summed E-state index contributed by atoms with van der Waals surface area (Å²) in [5.74, 6) is 0.409. The van der Waals surface area contributed by atoms with E-state index in [1.807, 2.05) is 19.1 Å². The molecule has 0 spiro atoms. The first-order chi connectivity index (χ1) is 10.2. The normalized spacial score (nSPS) is 11.5. The molecule has 2 aromatic rings. The SMILES string of the molecule is CCOc1cc(C(C#N)Nc2ccccc2Cl)ccc1O. The molecule has 0 aliphatic carbocycles. The van der Waals surface area contributed by atoms with Crippen molar-refractivity contribution in [3.8, 4) is 17.6 Å². The number of nitrogens with one attached hydrogen (secondary N) is 1. The average Bonchev–Trinajstić information content (AvgIpc) is 2.49. The number of ether oxygens (including phenoxy) is 1. The highest BCUT2D eigenvalue weighted by atomic mass is 35.5. The van der Waals surface area contributed by atoms with Crippen molar-refractivity contribution in [3.63, 3.8) is 0 Å². The van der Waals surface area contributed by atoms with Gasteiger partial charge in [-0.2, -0.15) is 5.26 Å². The first kappa shape index (κ1) is 15.0. The van der Waals surface area contributed by atoms with Gasteiger partial charge in [-0.05, 0) is 36.8 Å². The molecule has 0 amide bonds. The summed E-state index contributed by atoms with van der Waals surface area (Å²) in [6, 6.07) is 13.6.